The van der Waals surface area contributed by atoms with Crippen LogP contribution in [0, 0.1) is 19.8 Å². The minimum Gasteiger partial charge on any atom is -0.491 e. The van der Waals surface area contributed by atoms with E-state index >= 15 is 0 Å². The number of aryl methyl sites for hydroxylation is 2. The summed E-state index contributed by atoms with van der Waals surface area (Å²) in [6.07, 6.45) is 0.260. The van der Waals surface area contributed by atoms with Crippen molar-refractivity contribution in [3.05, 3.63) is 51.2 Å². The molecule has 1 aliphatic heterocycles. The van der Waals surface area contributed by atoms with E-state index in [4.69, 9.17) is 9.47 Å². The first-order valence-corrected chi connectivity index (χ1v) is 13.2. The molecule has 7 heteroatoms. The van der Waals surface area contributed by atoms with Crippen LogP contribution < -0.4 is 4.74 Å². The molecule has 188 valence electrons. The van der Waals surface area contributed by atoms with E-state index in [-0.39, 0.29) is 25.1 Å². The van der Waals surface area contributed by atoms with Gasteiger partial charge in [-0.3, -0.25) is 9.69 Å². The highest BCUT2D eigenvalue weighted by atomic mass is 32.1. The number of carbonyl (C=O) groups excluding carboxylic acids is 1. The van der Waals surface area contributed by atoms with Crippen LogP contribution in [0.2, 0.25) is 0 Å². The molecule has 0 spiro atoms. The molecule has 1 amide bonds. The van der Waals surface area contributed by atoms with Crippen LogP contribution in [0.4, 0.5) is 0 Å². The van der Waals surface area contributed by atoms with Gasteiger partial charge in [0.2, 0.25) is 5.91 Å². The van der Waals surface area contributed by atoms with Gasteiger partial charge in [-0.25, -0.2) is 0 Å². The van der Waals surface area contributed by atoms with E-state index in [1.54, 1.807) is 11.3 Å². The van der Waals surface area contributed by atoms with Gasteiger partial charge in [0.05, 0.1) is 25.3 Å². The molecule has 0 bridgehead atoms. The SMILES string of the molecule is CCN(CC(=O)N1CCc2sccc2[C@H]1COc1ccc(C)cc1C)C[C@H](O)COCC(C)C. The lowest BCUT2D eigenvalue weighted by atomic mass is 10.00. The Morgan fingerprint density at radius 1 is 1.26 bits per heavy atom. The highest BCUT2D eigenvalue weighted by Gasteiger charge is 2.33. The predicted octanol–water partition coefficient (Wildman–Crippen LogP) is 4.23. The number of nitrogens with zero attached hydrogens (tertiary/aromatic N) is 2. The molecule has 1 N–H and O–H groups in total. The van der Waals surface area contributed by atoms with Crippen LogP contribution >= 0.6 is 11.3 Å². The van der Waals surface area contributed by atoms with E-state index in [1.807, 2.05) is 22.8 Å². The van der Waals surface area contributed by atoms with Gasteiger partial charge in [0, 0.05) is 24.6 Å². The molecular weight excluding hydrogens is 448 g/mol. The summed E-state index contributed by atoms with van der Waals surface area (Å²) in [5.41, 5.74) is 3.50. The van der Waals surface area contributed by atoms with Crippen molar-refractivity contribution in [1.29, 1.82) is 0 Å². The number of fused-ring (bicyclic) bond motifs is 1. The van der Waals surface area contributed by atoms with Crippen LogP contribution in [0.5, 0.6) is 5.75 Å². The molecule has 0 aliphatic carbocycles. The largest absolute Gasteiger partial charge is 0.491 e. The Kier molecular flexibility index (Phi) is 9.95. The van der Waals surface area contributed by atoms with Gasteiger partial charge in [0.25, 0.3) is 0 Å². The maximum atomic E-state index is 13.4. The number of rotatable bonds is 12. The topological polar surface area (TPSA) is 62.2 Å². The van der Waals surface area contributed by atoms with Gasteiger partial charge in [-0.05, 0) is 61.4 Å². The lowest BCUT2D eigenvalue weighted by Crippen LogP contribution is -2.48. The molecule has 3 rings (SSSR count). The Morgan fingerprint density at radius 2 is 2.06 bits per heavy atom. The second kappa shape index (κ2) is 12.7. The Bertz CT molecular complexity index is 929. The average molecular weight is 489 g/mol. The summed E-state index contributed by atoms with van der Waals surface area (Å²) in [4.78, 5) is 18.7. The molecular formula is C27H40N2O4S. The van der Waals surface area contributed by atoms with Gasteiger partial charge in [0.1, 0.15) is 12.4 Å². The predicted molar refractivity (Wildman–Crippen MR) is 138 cm³/mol. The van der Waals surface area contributed by atoms with Crippen LogP contribution in [-0.4, -0.2) is 72.9 Å². The zero-order chi connectivity index (χ0) is 24.7. The maximum Gasteiger partial charge on any atom is 0.237 e. The molecule has 0 unspecified atom stereocenters. The number of ether oxygens (including phenoxy) is 2. The van der Waals surface area contributed by atoms with E-state index in [2.05, 4.69) is 51.3 Å². The lowest BCUT2D eigenvalue weighted by molar-refractivity contribution is -0.136. The van der Waals surface area contributed by atoms with Crippen LogP contribution in [0.15, 0.2) is 29.6 Å². The van der Waals surface area contributed by atoms with Gasteiger partial charge >= 0.3 is 0 Å². The third kappa shape index (κ3) is 7.28. The summed E-state index contributed by atoms with van der Waals surface area (Å²) in [5, 5.41) is 12.5. The van der Waals surface area contributed by atoms with Crippen LogP contribution in [0.3, 0.4) is 0 Å². The van der Waals surface area contributed by atoms with Gasteiger partial charge in [0.15, 0.2) is 0 Å². The number of hydrogen-bond acceptors (Lipinski definition) is 6. The number of hydrogen-bond donors (Lipinski definition) is 1. The Balaban J connectivity index is 1.64. The third-order valence-corrected chi connectivity index (χ3v) is 7.18. The fraction of sp³-hybridized carbons (Fsp3) is 0.593. The number of carbonyl (C=O) groups is 1. The van der Waals surface area contributed by atoms with Crippen molar-refractivity contribution in [2.24, 2.45) is 5.92 Å². The third-order valence-electron chi connectivity index (χ3n) is 6.18. The Hall–Kier alpha value is -1.93. The van der Waals surface area contributed by atoms with Gasteiger partial charge < -0.3 is 19.5 Å². The van der Waals surface area contributed by atoms with E-state index in [0.29, 0.717) is 38.8 Å². The molecule has 0 radical (unpaired) electrons. The second-order valence-corrected chi connectivity index (χ2v) is 10.6. The quantitative estimate of drug-likeness (QED) is 0.485. The van der Waals surface area contributed by atoms with Crippen molar-refractivity contribution >= 4 is 17.2 Å². The highest BCUT2D eigenvalue weighted by Crippen LogP contribution is 2.34. The van der Waals surface area contributed by atoms with Crippen LogP contribution in [-0.2, 0) is 16.0 Å². The first-order chi connectivity index (χ1) is 16.3. The molecule has 1 aromatic heterocycles. The number of amides is 1. The van der Waals surface area contributed by atoms with E-state index in [1.165, 1.54) is 16.0 Å². The molecule has 2 heterocycles. The molecule has 0 saturated carbocycles. The second-order valence-electron chi connectivity index (χ2n) is 9.64. The summed E-state index contributed by atoms with van der Waals surface area (Å²) in [7, 11) is 0. The zero-order valence-corrected chi connectivity index (χ0v) is 22.1. The van der Waals surface area contributed by atoms with Crippen molar-refractivity contribution < 1.29 is 19.4 Å². The smallest absolute Gasteiger partial charge is 0.237 e. The van der Waals surface area contributed by atoms with Gasteiger partial charge in [-0.15, -0.1) is 11.3 Å². The molecule has 2 atom stereocenters. The van der Waals surface area contributed by atoms with Crippen LogP contribution in [0.25, 0.3) is 0 Å². The number of aliphatic hydroxyl groups excluding tert-OH is 1. The number of likely N-dealkylation sites (N-methyl/N-ethyl adjacent to an activating group) is 1. The molecule has 1 aromatic carbocycles. The summed E-state index contributed by atoms with van der Waals surface area (Å²) in [6.45, 7) is 13.7. The Morgan fingerprint density at radius 3 is 2.76 bits per heavy atom. The van der Waals surface area contributed by atoms with Crippen molar-refractivity contribution in [3.63, 3.8) is 0 Å². The summed E-state index contributed by atoms with van der Waals surface area (Å²) < 4.78 is 11.8. The zero-order valence-electron chi connectivity index (χ0n) is 21.3. The fourth-order valence-corrected chi connectivity index (χ4v) is 5.31. The monoisotopic (exact) mass is 488 g/mol. The molecule has 34 heavy (non-hydrogen) atoms. The lowest BCUT2D eigenvalue weighted by Gasteiger charge is -2.37. The van der Waals surface area contributed by atoms with E-state index in [9.17, 15) is 9.90 Å². The van der Waals surface area contributed by atoms with Gasteiger partial charge in [-0.1, -0.05) is 38.5 Å². The van der Waals surface area contributed by atoms with Crippen molar-refractivity contribution in [2.45, 2.75) is 53.2 Å². The van der Waals surface area contributed by atoms with Gasteiger partial charge in [-0.2, -0.15) is 0 Å². The molecule has 2 aromatic rings. The minimum absolute atomic E-state index is 0.0724. The summed E-state index contributed by atoms with van der Waals surface area (Å²) >= 11 is 1.76. The average Bonchev–Trinajstić information content (AvgIpc) is 3.26. The molecule has 1 aliphatic rings. The first-order valence-electron chi connectivity index (χ1n) is 12.3. The maximum absolute atomic E-state index is 13.4. The normalized spacial score (nSPS) is 16.7. The fourth-order valence-electron chi connectivity index (χ4n) is 4.38. The van der Waals surface area contributed by atoms with Crippen LogP contribution in [0.1, 0.15) is 48.4 Å². The molecule has 6 nitrogen and oxygen atoms in total. The van der Waals surface area contributed by atoms with Crippen molar-refractivity contribution in [1.82, 2.24) is 9.80 Å². The Labute approximate surface area is 208 Å². The van der Waals surface area contributed by atoms with E-state index < -0.39 is 6.10 Å². The van der Waals surface area contributed by atoms with Crippen molar-refractivity contribution in [3.8, 4) is 5.75 Å². The number of aliphatic hydroxyl groups is 1. The summed E-state index contributed by atoms with van der Waals surface area (Å²) in [5.74, 6) is 1.36. The first kappa shape index (κ1) is 26.7. The molecule has 0 saturated heterocycles. The number of benzene rings is 1. The minimum atomic E-state index is -0.611. The number of thiophene rings is 1. The summed E-state index contributed by atoms with van der Waals surface area (Å²) in [6, 6.07) is 8.20. The molecule has 0 fully saturated rings. The van der Waals surface area contributed by atoms with Crippen molar-refractivity contribution in [2.75, 3.05) is 46.0 Å². The highest BCUT2D eigenvalue weighted by molar-refractivity contribution is 7.10. The standard InChI is InChI=1S/C27H40N2O4S/c1-6-28(14-22(30)17-32-16-19(2)3)15-27(31)29-11-9-26-23(10-12-34-26)24(29)18-33-25-8-7-20(4)13-21(25)5/h7-8,10,12-13,19,22,24,30H,6,9,11,14-18H2,1-5H3/t22-,24+/m0/s1. The van der Waals surface area contributed by atoms with E-state index in [0.717, 1.165) is 17.7 Å².